The van der Waals surface area contributed by atoms with Crippen molar-refractivity contribution in [1.29, 1.82) is 0 Å². The molecule has 0 heterocycles. The molecule has 540 valence electrons. The molecular formula is C58H148O14Si19. The minimum absolute atomic E-state index is 1.15. The Morgan fingerprint density at radius 3 is 0.396 bits per heavy atom. The van der Waals surface area contributed by atoms with Gasteiger partial charge in [0.15, 0.2) is 83.2 Å². The van der Waals surface area contributed by atoms with Crippen molar-refractivity contribution >= 4 is 171 Å². The van der Waals surface area contributed by atoms with E-state index >= 15 is 0 Å². The third-order valence-electron chi connectivity index (χ3n) is 9.59. The van der Waals surface area contributed by atoms with E-state index in [9.17, 15) is 0 Å². The van der Waals surface area contributed by atoms with Crippen LogP contribution < -0.4 is 10.4 Å². The maximum Gasteiger partial charge on any atom is 0.388 e. The van der Waals surface area contributed by atoms with Gasteiger partial charge in [0.05, 0.1) is 0 Å². The van der Waals surface area contributed by atoms with Crippen molar-refractivity contribution in [2.45, 2.75) is 301 Å². The highest BCUT2D eigenvalue weighted by Crippen LogP contribution is 2.29. The van der Waals surface area contributed by atoms with E-state index in [4.69, 9.17) is 57.6 Å². The molecule has 0 saturated carbocycles. The van der Waals surface area contributed by atoms with Crippen LogP contribution in [-0.2, 0) is 57.6 Å². The van der Waals surface area contributed by atoms with Gasteiger partial charge in [-0.3, -0.25) is 0 Å². The Labute approximate surface area is 585 Å². The molecule has 0 aliphatic heterocycles. The van der Waals surface area contributed by atoms with Crippen molar-refractivity contribution in [3.63, 3.8) is 0 Å². The second kappa shape index (κ2) is 35.7. The smallest absolute Gasteiger partial charge is 0.388 e. The summed E-state index contributed by atoms with van der Waals surface area (Å²) >= 11 is 0. The topological polar surface area (TPSA) is 129 Å². The lowest BCUT2D eigenvalue weighted by Gasteiger charge is -2.43. The van der Waals surface area contributed by atoms with Crippen LogP contribution in [0.5, 0.6) is 0 Å². The molecule has 0 amide bonds. The highest BCUT2D eigenvalue weighted by atomic mass is 28.5. The molecule has 91 heavy (non-hydrogen) atoms. The summed E-state index contributed by atoms with van der Waals surface area (Å²) in [5.74, 6) is 0. The summed E-state index contributed by atoms with van der Waals surface area (Å²) in [6.07, 6.45) is 0. The van der Waals surface area contributed by atoms with Crippen LogP contribution in [0, 0.1) is 0 Å². The van der Waals surface area contributed by atoms with Crippen LogP contribution in [0.25, 0.3) is 0 Å². The van der Waals surface area contributed by atoms with Gasteiger partial charge in [0.2, 0.25) is 0 Å². The molecule has 0 saturated heterocycles. The highest BCUT2D eigenvalue weighted by Gasteiger charge is 2.52. The van der Waals surface area contributed by atoms with Gasteiger partial charge in [0.1, 0.15) is 0 Å². The summed E-state index contributed by atoms with van der Waals surface area (Å²) in [6, 6.07) is 21.0. The van der Waals surface area contributed by atoms with Crippen molar-refractivity contribution in [1.82, 2.24) is 0 Å². The van der Waals surface area contributed by atoms with Gasteiger partial charge < -0.3 is 57.6 Å². The number of hydrogen-bond donors (Lipinski definition) is 0. The predicted octanol–water partition coefficient (Wildman–Crippen LogP) is 20.4. The molecule has 0 bridgehead atoms. The van der Waals surface area contributed by atoms with Crippen LogP contribution >= 0.6 is 0 Å². The average Bonchev–Trinajstić information content (AvgIpc) is 3.11. The third kappa shape index (κ3) is 57.3. The fraction of sp³-hybridized carbons (Fsp3) is 0.793. The standard InChI is InChI=1S/C20H34O3Si4.3C10H30O3Si4.C8H24O2Si3/c1-24(2,3)21-26(7,8)23-27(22-25(4,5)6,19-15-11-9-12-16-19)20-17-13-10-14-18-20;3*1-14(2,3)11-16(7,8)13-17(9,10)12-15(4,5)6;1-11(2,3)9-13(7,8)10-12(4,5)6/h9-18H,1-8H3;3*1-10H3;1-8H3. The summed E-state index contributed by atoms with van der Waals surface area (Å²) in [5.41, 5.74) is 0. The van der Waals surface area contributed by atoms with Gasteiger partial charge in [-0.2, -0.15) is 0 Å². The maximum atomic E-state index is 7.05. The molecule has 2 aromatic rings. The van der Waals surface area contributed by atoms with Gasteiger partial charge in [-0.05, 0) is 312 Å². The van der Waals surface area contributed by atoms with Crippen molar-refractivity contribution in [2.75, 3.05) is 0 Å². The second-order valence-corrected chi connectivity index (χ2v) is 116. The number of benzene rings is 2. The van der Waals surface area contributed by atoms with E-state index in [1.54, 1.807) is 0 Å². The van der Waals surface area contributed by atoms with E-state index < -0.39 is 160 Å². The summed E-state index contributed by atoms with van der Waals surface area (Å²) in [6.45, 7) is 101. The normalized spacial score (nSPS) is 14.7. The van der Waals surface area contributed by atoms with Crippen LogP contribution in [0.2, 0.25) is 301 Å². The first-order valence-electron chi connectivity index (χ1n) is 33.0. The number of rotatable bonds is 30. The highest BCUT2D eigenvalue weighted by molar-refractivity contribution is 7.02. The van der Waals surface area contributed by atoms with Crippen molar-refractivity contribution in [3.05, 3.63) is 60.7 Å². The minimum Gasteiger partial charge on any atom is -0.437 e. The van der Waals surface area contributed by atoms with Crippen LogP contribution in [0.1, 0.15) is 0 Å². The van der Waals surface area contributed by atoms with Crippen LogP contribution in [-0.4, -0.2) is 160 Å². The zero-order valence-corrected chi connectivity index (χ0v) is 87.0. The molecule has 0 unspecified atom stereocenters. The van der Waals surface area contributed by atoms with E-state index in [1.807, 2.05) is 12.1 Å². The zero-order valence-electron chi connectivity index (χ0n) is 68.0. The van der Waals surface area contributed by atoms with Gasteiger partial charge in [-0.15, -0.1) is 0 Å². The third-order valence-corrected chi connectivity index (χ3v) is 70.0. The Hall–Kier alpha value is 2.00. The monoisotopic (exact) mass is 1600 g/mol. The van der Waals surface area contributed by atoms with Gasteiger partial charge in [0.25, 0.3) is 0 Å². The first kappa shape index (κ1) is 97.2. The number of hydrogen-bond acceptors (Lipinski definition) is 14. The molecular weight excluding hydrogens is 1450 g/mol. The largest absolute Gasteiger partial charge is 0.437 e. The minimum atomic E-state index is -2.90. The van der Waals surface area contributed by atoms with Crippen molar-refractivity contribution in [2.24, 2.45) is 0 Å². The van der Waals surface area contributed by atoms with E-state index in [0.717, 1.165) is 10.4 Å². The molecule has 2 aromatic carbocycles. The second-order valence-electron chi connectivity index (χ2n) is 37.1. The van der Waals surface area contributed by atoms with Gasteiger partial charge in [0, 0.05) is 0 Å². The lowest BCUT2D eigenvalue weighted by atomic mass is 10.4. The molecule has 0 N–H and O–H groups in total. The van der Waals surface area contributed by atoms with E-state index in [1.165, 1.54) is 0 Å². The van der Waals surface area contributed by atoms with Crippen LogP contribution in [0.15, 0.2) is 60.7 Å². The van der Waals surface area contributed by atoms with Crippen molar-refractivity contribution < 1.29 is 57.6 Å². The van der Waals surface area contributed by atoms with Crippen LogP contribution in [0.3, 0.4) is 0 Å². The quantitative estimate of drug-likeness (QED) is 0.0688. The first-order valence-corrected chi connectivity index (χ1v) is 91.5. The molecule has 0 aliphatic rings. The Kier molecular flexibility index (Phi) is 38.2. The van der Waals surface area contributed by atoms with Gasteiger partial charge in [-0.1, -0.05) is 60.7 Å². The lowest BCUT2D eigenvalue weighted by Crippen LogP contribution is -2.71. The molecule has 33 heteroatoms. The van der Waals surface area contributed by atoms with Crippen molar-refractivity contribution in [3.8, 4) is 0 Å². The summed E-state index contributed by atoms with van der Waals surface area (Å²) < 4.78 is 88.8. The summed E-state index contributed by atoms with van der Waals surface area (Å²) in [4.78, 5) is 0. The van der Waals surface area contributed by atoms with E-state index in [-0.39, 0.29) is 0 Å². The van der Waals surface area contributed by atoms with Gasteiger partial charge >= 0.3 is 77.0 Å². The molecule has 14 nitrogen and oxygen atoms in total. The molecule has 0 spiro atoms. The molecule has 0 fully saturated rings. The molecule has 0 atom stereocenters. The van der Waals surface area contributed by atoms with E-state index in [0.29, 0.717) is 0 Å². The zero-order chi connectivity index (χ0) is 73.6. The Morgan fingerprint density at radius 2 is 0.264 bits per heavy atom. The molecule has 2 rings (SSSR count). The summed E-state index contributed by atoms with van der Waals surface area (Å²) in [7, 11) is -35.2. The van der Waals surface area contributed by atoms with Gasteiger partial charge in [-0.25, -0.2) is 0 Å². The SMILES string of the molecule is C[Si](C)(C)O[Si](C)(C)O[Si](C)(C)C.C[Si](C)(C)O[Si](C)(C)O[Si](C)(C)O[Si](C)(C)C.C[Si](C)(C)O[Si](C)(C)O[Si](C)(C)O[Si](C)(C)C.C[Si](C)(C)O[Si](C)(C)O[Si](C)(C)O[Si](C)(C)C.C[Si](C)(C)O[Si](C)(C)O[Si](O[Si](C)(C)C)(c1ccccc1)c1ccccc1. The van der Waals surface area contributed by atoms with Crippen LogP contribution in [0.4, 0.5) is 0 Å². The Bertz CT molecular complexity index is 2110. The Balaban J connectivity index is -0.00000109. The van der Waals surface area contributed by atoms with E-state index in [2.05, 4.69) is 350 Å². The lowest BCUT2D eigenvalue weighted by molar-refractivity contribution is 0.329. The summed E-state index contributed by atoms with van der Waals surface area (Å²) in [5, 5.41) is 2.30. The maximum absolute atomic E-state index is 7.05. The fourth-order valence-corrected chi connectivity index (χ4v) is 93.0. The Morgan fingerprint density at radius 1 is 0.143 bits per heavy atom. The fourth-order valence-electron chi connectivity index (χ4n) is 11.1. The molecule has 0 aromatic heterocycles. The average molecular weight is 1600 g/mol. The molecule has 0 radical (unpaired) electrons. The first-order chi connectivity index (χ1) is 39.1. The molecule has 0 aliphatic carbocycles. The predicted molar refractivity (Wildman–Crippen MR) is 446 cm³/mol.